The molecule has 2 aromatic rings. The van der Waals surface area contributed by atoms with Crippen molar-refractivity contribution in [3.8, 4) is 0 Å². The summed E-state index contributed by atoms with van der Waals surface area (Å²) in [5.41, 5.74) is 2.62. The number of amides is 4. The maximum absolute atomic E-state index is 13.4. The van der Waals surface area contributed by atoms with Gasteiger partial charge in [-0.15, -0.1) is 0 Å². The summed E-state index contributed by atoms with van der Waals surface area (Å²) in [4.78, 5) is 34.4. The van der Waals surface area contributed by atoms with Gasteiger partial charge in [0.2, 0.25) is 0 Å². The Balaban J connectivity index is 1.12. The van der Waals surface area contributed by atoms with E-state index in [2.05, 4.69) is 10.3 Å². The van der Waals surface area contributed by atoms with Crippen LogP contribution in [-0.2, 0) is 13.1 Å². The first-order valence-corrected chi connectivity index (χ1v) is 11.3. The number of pyridine rings is 1. The average Bonchev–Trinajstić information content (AvgIpc) is 3.21. The summed E-state index contributed by atoms with van der Waals surface area (Å²) in [5, 5.41) is 12.8. The molecule has 9 heteroatoms. The molecule has 0 saturated carbocycles. The molecule has 4 amide bonds. The number of hydrogen-bond donors (Lipinski definition) is 2. The molecule has 0 bridgehead atoms. The van der Waals surface area contributed by atoms with Crippen molar-refractivity contribution in [3.63, 3.8) is 0 Å². The highest BCUT2D eigenvalue weighted by molar-refractivity contribution is 5.89. The molecular formula is C24H28FN5O3. The topological polar surface area (TPSA) is 89.0 Å². The summed E-state index contributed by atoms with van der Waals surface area (Å²) in [5.74, 6) is -0.0251. The van der Waals surface area contributed by atoms with E-state index in [1.165, 1.54) is 17.8 Å². The van der Waals surface area contributed by atoms with Gasteiger partial charge in [0.15, 0.2) is 0 Å². The Kier molecular flexibility index (Phi) is 5.44. The second kappa shape index (κ2) is 8.30. The maximum atomic E-state index is 13.4. The Morgan fingerprint density at radius 1 is 1.09 bits per heavy atom. The van der Waals surface area contributed by atoms with Crippen molar-refractivity contribution in [2.75, 3.05) is 31.5 Å². The van der Waals surface area contributed by atoms with Gasteiger partial charge in [-0.25, -0.2) is 14.0 Å². The number of anilines is 1. The van der Waals surface area contributed by atoms with E-state index < -0.39 is 11.4 Å². The quantitative estimate of drug-likeness (QED) is 0.731. The molecule has 0 unspecified atom stereocenters. The van der Waals surface area contributed by atoms with Gasteiger partial charge in [0.25, 0.3) is 0 Å². The lowest BCUT2D eigenvalue weighted by Crippen LogP contribution is -2.64. The predicted molar refractivity (Wildman–Crippen MR) is 120 cm³/mol. The summed E-state index contributed by atoms with van der Waals surface area (Å²) in [6.07, 6.45) is 2.95. The van der Waals surface area contributed by atoms with E-state index in [0.717, 1.165) is 24.1 Å². The largest absolute Gasteiger partial charge is 0.386 e. The summed E-state index contributed by atoms with van der Waals surface area (Å²) >= 11 is 0. The molecule has 174 valence electrons. The minimum absolute atomic E-state index is 0.0139. The van der Waals surface area contributed by atoms with Gasteiger partial charge < -0.3 is 25.1 Å². The number of carbonyl (C=O) groups is 2. The number of piperidine rings is 1. The number of hydrogen-bond acceptors (Lipinski definition) is 4. The number of rotatable bonds is 2. The fourth-order valence-electron chi connectivity index (χ4n) is 4.93. The van der Waals surface area contributed by atoms with Gasteiger partial charge in [-0.2, -0.15) is 0 Å². The molecule has 2 saturated heterocycles. The van der Waals surface area contributed by atoms with Gasteiger partial charge >= 0.3 is 12.1 Å². The molecule has 0 aliphatic carbocycles. The summed E-state index contributed by atoms with van der Waals surface area (Å²) < 4.78 is 13.4. The number of likely N-dealkylation sites (tertiary alicyclic amines) is 2. The van der Waals surface area contributed by atoms with Crippen molar-refractivity contribution in [1.29, 1.82) is 0 Å². The highest BCUT2D eigenvalue weighted by Crippen LogP contribution is 2.31. The molecule has 33 heavy (non-hydrogen) atoms. The van der Waals surface area contributed by atoms with Crippen LogP contribution in [0.2, 0.25) is 0 Å². The monoisotopic (exact) mass is 453 g/mol. The first kappa shape index (κ1) is 21.6. The molecule has 0 atom stereocenters. The third kappa shape index (κ3) is 4.50. The van der Waals surface area contributed by atoms with Crippen molar-refractivity contribution in [2.45, 2.75) is 44.4 Å². The van der Waals surface area contributed by atoms with E-state index in [1.807, 2.05) is 29.2 Å². The summed E-state index contributed by atoms with van der Waals surface area (Å²) in [6.45, 7) is 4.65. The number of nitrogens with one attached hydrogen (secondary N) is 1. The first-order valence-electron chi connectivity index (χ1n) is 11.3. The fraction of sp³-hybridized carbons (Fsp3) is 0.458. The van der Waals surface area contributed by atoms with Crippen molar-refractivity contribution in [3.05, 3.63) is 59.2 Å². The molecule has 3 aliphatic heterocycles. The van der Waals surface area contributed by atoms with E-state index in [0.29, 0.717) is 50.9 Å². The van der Waals surface area contributed by atoms with Crippen LogP contribution in [0, 0.1) is 5.82 Å². The third-order valence-electron chi connectivity index (χ3n) is 6.75. The molecule has 8 nitrogen and oxygen atoms in total. The van der Waals surface area contributed by atoms with Gasteiger partial charge in [-0.1, -0.05) is 12.1 Å². The zero-order chi connectivity index (χ0) is 23.2. The Morgan fingerprint density at radius 2 is 1.79 bits per heavy atom. The lowest BCUT2D eigenvalue weighted by Gasteiger charge is -2.47. The van der Waals surface area contributed by atoms with Gasteiger partial charge in [0.1, 0.15) is 5.82 Å². The number of nitrogens with zero attached hydrogens (tertiary/aromatic N) is 4. The summed E-state index contributed by atoms with van der Waals surface area (Å²) in [6, 6.07) is 9.05. The number of fused-ring (bicyclic) bond motifs is 1. The van der Waals surface area contributed by atoms with Crippen LogP contribution in [-0.4, -0.2) is 68.6 Å². The van der Waals surface area contributed by atoms with E-state index in [9.17, 15) is 19.1 Å². The first-order chi connectivity index (χ1) is 15.8. The van der Waals surface area contributed by atoms with Gasteiger partial charge in [0.05, 0.1) is 37.1 Å². The van der Waals surface area contributed by atoms with Crippen LogP contribution in [0.25, 0.3) is 0 Å². The van der Waals surface area contributed by atoms with E-state index >= 15 is 0 Å². The minimum atomic E-state index is -0.751. The van der Waals surface area contributed by atoms with E-state index in [1.54, 1.807) is 16.7 Å². The highest BCUT2D eigenvalue weighted by Gasteiger charge is 2.41. The standard InChI is InChI=1S/C24H28FN5O3/c1-24(33)14-30(15-24)23(32)28-8-6-17(7-9-28)16-2-4-20(5-3-16)27-22(31)29-12-18-10-19(25)11-26-21(18)13-29/h2-5,10-11,17,33H,6-9,12-15H2,1H3,(H,27,31). The fourth-order valence-corrected chi connectivity index (χ4v) is 4.93. The molecule has 3 aliphatic rings. The molecule has 2 N–H and O–H groups in total. The van der Waals surface area contributed by atoms with Crippen LogP contribution in [0.5, 0.6) is 0 Å². The van der Waals surface area contributed by atoms with Crippen LogP contribution in [0.4, 0.5) is 19.7 Å². The second-order valence-electron chi connectivity index (χ2n) is 9.56. The molecule has 5 rings (SSSR count). The minimum Gasteiger partial charge on any atom is -0.386 e. The Labute approximate surface area is 192 Å². The number of halogens is 1. The van der Waals surface area contributed by atoms with Gasteiger partial charge in [-0.3, -0.25) is 4.98 Å². The molecule has 4 heterocycles. The average molecular weight is 454 g/mol. The Hall–Kier alpha value is -3.20. The van der Waals surface area contributed by atoms with E-state index in [4.69, 9.17) is 0 Å². The predicted octanol–water partition coefficient (Wildman–Crippen LogP) is 3.13. The van der Waals surface area contributed by atoms with Crippen LogP contribution in [0.15, 0.2) is 36.5 Å². The lowest BCUT2D eigenvalue weighted by molar-refractivity contribution is -0.0673. The zero-order valence-corrected chi connectivity index (χ0v) is 18.6. The molecule has 2 fully saturated rings. The Bertz CT molecular complexity index is 1060. The van der Waals surface area contributed by atoms with E-state index in [-0.39, 0.29) is 12.1 Å². The summed E-state index contributed by atoms with van der Waals surface area (Å²) in [7, 11) is 0. The highest BCUT2D eigenvalue weighted by atomic mass is 19.1. The third-order valence-corrected chi connectivity index (χ3v) is 6.75. The van der Waals surface area contributed by atoms with Crippen LogP contribution < -0.4 is 5.32 Å². The number of carbonyl (C=O) groups excluding carboxylic acids is 2. The molecule has 1 aromatic carbocycles. The number of urea groups is 2. The Morgan fingerprint density at radius 3 is 2.45 bits per heavy atom. The number of benzene rings is 1. The van der Waals surface area contributed by atoms with Crippen molar-refractivity contribution in [2.24, 2.45) is 0 Å². The molecule has 0 radical (unpaired) electrons. The SMILES string of the molecule is CC1(O)CN(C(=O)N2CCC(c3ccc(NC(=O)N4Cc5cc(F)cnc5C4)cc3)CC2)C1. The van der Waals surface area contributed by atoms with Crippen LogP contribution in [0.3, 0.4) is 0 Å². The lowest BCUT2D eigenvalue weighted by atomic mass is 9.89. The van der Waals surface area contributed by atoms with Crippen molar-refractivity contribution >= 4 is 17.7 Å². The number of aromatic nitrogens is 1. The second-order valence-corrected chi connectivity index (χ2v) is 9.56. The number of β-amino-alcohol motifs (C(OH)–C–C–N with tert-alkyl or cyclic N) is 1. The molecular weight excluding hydrogens is 425 g/mol. The smallest absolute Gasteiger partial charge is 0.322 e. The van der Waals surface area contributed by atoms with Crippen LogP contribution in [0.1, 0.15) is 42.5 Å². The van der Waals surface area contributed by atoms with Crippen LogP contribution >= 0.6 is 0 Å². The number of aliphatic hydroxyl groups is 1. The van der Waals surface area contributed by atoms with Gasteiger partial charge in [-0.05, 0) is 55.0 Å². The van der Waals surface area contributed by atoms with Gasteiger partial charge in [0, 0.05) is 25.3 Å². The zero-order valence-electron chi connectivity index (χ0n) is 18.6. The maximum Gasteiger partial charge on any atom is 0.322 e. The molecule has 0 spiro atoms. The molecule has 1 aromatic heterocycles. The normalized spacial score (nSPS) is 19.8. The van der Waals surface area contributed by atoms with Crippen molar-refractivity contribution in [1.82, 2.24) is 19.7 Å². The van der Waals surface area contributed by atoms with Crippen molar-refractivity contribution < 1.29 is 19.1 Å².